The molecule has 0 aliphatic heterocycles. The second-order valence-electron chi connectivity index (χ2n) is 7.09. The van der Waals surface area contributed by atoms with Crippen molar-refractivity contribution in [1.82, 2.24) is 10.3 Å². The number of carbonyl (C=O) groups is 1. The average molecular weight is 410 g/mol. The topological polar surface area (TPSA) is 63.2 Å². The highest BCUT2D eigenvalue weighted by atomic mass is 32.1. The van der Waals surface area contributed by atoms with Gasteiger partial charge in [0.2, 0.25) is 0 Å². The van der Waals surface area contributed by atoms with Crippen LogP contribution >= 0.6 is 11.3 Å². The average Bonchev–Trinajstić information content (AvgIpc) is 3.08. The van der Waals surface area contributed by atoms with Crippen LogP contribution in [-0.2, 0) is 13.0 Å². The molecule has 29 heavy (non-hydrogen) atoms. The number of nitrogens with one attached hydrogen (secondary N) is 2. The van der Waals surface area contributed by atoms with Gasteiger partial charge in [0.15, 0.2) is 5.13 Å². The summed E-state index contributed by atoms with van der Waals surface area (Å²) in [4.78, 5) is 17.7. The number of ether oxygens (including phenoxy) is 1. The van der Waals surface area contributed by atoms with Crippen molar-refractivity contribution >= 4 is 22.4 Å². The normalized spacial score (nSPS) is 10.8. The monoisotopic (exact) mass is 409 g/mol. The number of carbonyl (C=O) groups excluding carboxylic acids is 1. The van der Waals surface area contributed by atoms with Crippen molar-refractivity contribution in [2.45, 2.75) is 39.8 Å². The van der Waals surface area contributed by atoms with E-state index in [2.05, 4.69) is 27.8 Å². The van der Waals surface area contributed by atoms with Crippen molar-refractivity contribution in [3.63, 3.8) is 0 Å². The largest absolute Gasteiger partial charge is 0.491 e. The molecular weight excluding hydrogens is 382 g/mol. The fourth-order valence-electron chi connectivity index (χ4n) is 2.86. The summed E-state index contributed by atoms with van der Waals surface area (Å²) in [5.74, 6) is 0.734. The fourth-order valence-corrected chi connectivity index (χ4v) is 3.77. The number of hydrogen-bond acceptors (Lipinski definition) is 5. The molecular formula is C23H27N3O2S. The van der Waals surface area contributed by atoms with Gasteiger partial charge in [-0.2, -0.15) is 0 Å². The Morgan fingerprint density at radius 2 is 1.79 bits per heavy atom. The lowest BCUT2D eigenvalue weighted by Crippen LogP contribution is -2.22. The molecule has 2 aromatic carbocycles. The third kappa shape index (κ3) is 6.32. The van der Waals surface area contributed by atoms with Crippen molar-refractivity contribution in [3.05, 3.63) is 76.3 Å². The first kappa shape index (κ1) is 20.9. The standard InChI is InChI=1S/C23H27N3O2S/c1-16(2)28-20-11-9-19(10-12-20)15-25-22(27)21-17(3)26-23(29-21)24-14-13-18-7-5-4-6-8-18/h4-12,16H,13-15H2,1-3H3,(H,24,26)(H,25,27). The molecule has 1 aromatic heterocycles. The molecule has 0 atom stereocenters. The molecule has 5 nitrogen and oxygen atoms in total. The third-order valence-electron chi connectivity index (χ3n) is 4.28. The minimum atomic E-state index is -0.0985. The zero-order valence-corrected chi connectivity index (χ0v) is 17.9. The Morgan fingerprint density at radius 3 is 2.48 bits per heavy atom. The van der Waals surface area contributed by atoms with Gasteiger partial charge in [0.05, 0.1) is 11.8 Å². The van der Waals surface area contributed by atoms with E-state index in [9.17, 15) is 4.79 Å². The van der Waals surface area contributed by atoms with Gasteiger partial charge in [-0.15, -0.1) is 0 Å². The number of anilines is 1. The molecule has 0 aliphatic rings. The van der Waals surface area contributed by atoms with E-state index in [1.165, 1.54) is 16.9 Å². The van der Waals surface area contributed by atoms with Gasteiger partial charge >= 0.3 is 0 Å². The summed E-state index contributed by atoms with van der Waals surface area (Å²) >= 11 is 1.39. The number of rotatable bonds is 9. The van der Waals surface area contributed by atoms with Crippen LogP contribution in [0.15, 0.2) is 54.6 Å². The van der Waals surface area contributed by atoms with E-state index in [0.29, 0.717) is 11.4 Å². The number of nitrogens with zero attached hydrogens (tertiary/aromatic N) is 1. The molecule has 1 amide bonds. The summed E-state index contributed by atoms with van der Waals surface area (Å²) in [7, 11) is 0. The number of amides is 1. The Labute approximate surface area is 176 Å². The maximum absolute atomic E-state index is 12.6. The molecule has 0 unspecified atom stereocenters. The zero-order valence-electron chi connectivity index (χ0n) is 17.1. The van der Waals surface area contributed by atoms with Crippen LogP contribution in [0, 0.1) is 6.92 Å². The first-order valence-corrected chi connectivity index (χ1v) is 10.6. The highest BCUT2D eigenvalue weighted by Crippen LogP contribution is 2.22. The van der Waals surface area contributed by atoms with E-state index in [-0.39, 0.29) is 12.0 Å². The number of thiazole rings is 1. The van der Waals surface area contributed by atoms with E-state index in [1.807, 2.05) is 63.2 Å². The van der Waals surface area contributed by atoms with Crippen LogP contribution in [0.25, 0.3) is 0 Å². The van der Waals surface area contributed by atoms with Crippen molar-refractivity contribution in [1.29, 1.82) is 0 Å². The molecule has 3 rings (SSSR count). The number of aromatic nitrogens is 1. The predicted octanol–water partition coefficient (Wildman–Crippen LogP) is 4.82. The Morgan fingerprint density at radius 1 is 1.07 bits per heavy atom. The van der Waals surface area contributed by atoms with Gasteiger partial charge < -0.3 is 15.4 Å². The second-order valence-corrected chi connectivity index (χ2v) is 8.09. The van der Waals surface area contributed by atoms with Crippen LogP contribution in [0.1, 0.15) is 40.3 Å². The maximum Gasteiger partial charge on any atom is 0.263 e. The summed E-state index contributed by atoms with van der Waals surface area (Å²) in [5, 5.41) is 7.07. The van der Waals surface area contributed by atoms with Gasteiger partial charge in [0.25, 0.3) is 5.91 Å². The number of hydrogen-bond donors (Lipinski definition) is 2. The summed E-state index contributed by atoms with van der Waals surface area (Å²) in [6.07, 6.45) is 1.06. The first-order valence-electron chi connectivity index (χ1n) is 9.80. The van der Waals surface area contributed by atoms with Crippen LogP contribution in [0.4, 0.5) is 5.13 Å². The number of benzene rings is 2. The smallest absolute Gasteiger partial charge is 0.263 e. The molecule has 6 heteroatoms. The Hall–Kier alpha value is -2.86. The van der Waals surface area contributed by atoms with Gasteiger partial charge in [0, 0.05) is 13.1 Å². The molecule has 2 N–H and O–H groups in total. The summed E-state index contributed by atoms with van der Waals surface area (Å²) in [5.41, 5.74) is 3.05. The molecule has 3 aromatic rings. The molecule has 0 spiro atoms. The Balaban J connectivity index is 1.50. The van der Waals surface area contributed by atoms with Gasteiger partial charge in [-0.1, -0.05) is 53.8 Å². The minimum Gasteiger partial charge on any atom is -0.491 e. The minimum absolute atomic E-state index is 0.0985. The summed E-state index contributed by atoms with van der Waals surface area (Å²) < 4.78 is 5.64. The Kier molecular flexibility index (Phi) is 7.25. The highest BCUT2D eigenvalue weighted by Gasteiger charge is 2.15. The van der Waals surface area contributed by atoms with Crippen LogP contribution in [-0.4, -0.2) is 23.5 Å². The lowest BCUT2D eigenvalue weighted by atomic mass is 10.2. The first-order chi connectivity index (χ1) is 14.0. The predicted molar refractivity (Wildman–Crippen MR) is 119 cm³/mol. The molecule has 0 aliphatic carbocycles. The molecule has 0 radical (unpaired) electrons. The van der Waals surface area contributed by atoms with Crippen LogP contribution < -0.4 is 15.4 Å². The van der Waals surface area contributed by atoms with E-state index in [0.717, 1.165) is 35.1 Å². The van der Waals surface area contributed by atoms with Gasteiger partial charge in [0.1, 0.15) is 10.6 Å². The third-order valence-corrected chi connectivity index (χ3v) is 5.40. The van der Waals surface area contributed by atoms with Crippen molar-refractivity contribution < 1.29 is 9.53 Å². The van der Waals surface area contributed by atoms with Gasteiger partial charge in [-0.05, 0) is 50.5 Å². The lowest BCUT2D eigenvalue weighted by molar-refractivity contribution is 0.0954. The summed E-state index contributed by atoms with van der Waals surface area (Å²) in [6, 6.07) is 18.1. The van der Waals surface area contributed by atoms with Gasteiger partial charge in [-0.3, -0.25) is 4.79 Å². The summed E-state index contributed by atoms with van der Waals surface area (Å²) in [6.45, 7) is 7.11. The maximum atomic E-state index is 12.6. The van der Waals surface area contributed by atoms with Crippen molar-refractivity contribution in [2.24, 2.45) is 0 Å². The Bertz CT molecular complexity index is 921. The van der Waals surface area contributed by atoms with E-state index in [4.69, 9.17) is 4.74 Å². The fraction of sp³-hybridized carbons (Fsp3) is 0.304. The molecule has 1 heterocycles. The van der Waals surface area contributed by atoms with E-state index in [1.54, 1.807) is 0 Å². The van der Waals surface area contributed by atoms with Crippen LogP contribution in [0.2, 0.25) is 0 Å². The quantitative estimate of drug-likeness (QED) is 0.532. The highest BCUT2D eigenvalue weighted by molar-refractivity contribution is 7.17. The molecule has 0 bridgehead atoms. The van der Waals surface area contributed by atoms with Crippen molar-refractivity contribution in [3.8, 4) is 5.75 Å². The lowest BCUT2D eigenvalue weighted by Gasteiger charge is -2.10. The molecule has 0 saturated carbocycles. The van der Waals surface area contributed by atoms with Crippen LogP contribution in [0.3, 0.4) is 0 Å². The molecule has 152 valence electrons. The van der Waals surface area contributed by atoms with Crippen molar-refractivity contribution in [2.75, 3.05) is 11.9 Å². The van der Waals surface area contributed by atoms with Crippen LogP contribution in [0.5, 0.6) is 5.75 Å². The second kappa shape index (κ2) is 10.1. The van der Waals surface area contributed by atoms with E-state index >= 15 is 0 Å². The molecule has 0 fully saturated rings. The zero-order chi connectivity index (χ0) is 20.6. The number of aryl methyl sites for hydroxylation is 1. The molecule has 0 saturated heterocycles. The SMILES string of the molecule is Cc1nc(NCCc2ccccc2)sc1C(=O)NCc1ccc(OC(C)C)cc1. The van der Waals surface area contributed by atoms with E-state index < -0.39 is 0 Å². The van der Waals surface area contributed by atoms with Gasteiger partial charge in [-0.25, -0.2) is 4.98 Å².